The summed E-state index contributed by atoms with van der Waals surface area (Å²) in [5.41, 5.74) is 4.35. The second kappa shape index (κ2) is 4.85. The maximum absolute atomic E-state index is 10.2. The van der Waals surface area contributed by atoms with Crippen molar-refractivity contribution in [1.29, 1.82) is 0 Å². The molecule has 1 N–H and O–H groups in total. The summed E-state index contributed by atoms with van der Waals surface area (Å²) in [6, 6.07) is 16.5. The van der Waals surface area contributed by atoms with Crippen LogP contribution in [0.25, 0.3) is 27.6 Å². The van der Waals surface area contributed by atoms with Gasteiger partial charge >= 0.3 is 0 Å². The minimum Gasteiger partial charge on any atom is -0.508 e. The standard InChI is InChI=1S/C20H18N2O/c1-13-7-8-15-16-9-10-18(23)14(2)20(16)22(17(15)12-13)19-6-4-5-11-21(19)3/h4-12H,1-3H3/p+1. The lowest BCUT2D eigenvalue weighted by molar-refractivity contribution is -0.665. The number of fused-ring (bicyclic) bond motifs is 3. The number of aromatic hydroxyl groups is 1. The molecule has 0 saturated heterocycles. The average molecular weight is 303 g/mol. The molecular formula is C20H19N2O+. The van der Waals surface area contributed by atoms with E-state index in [0.717, 1.165) is 22.4 Å². The van der Waals surface area contributed by atoms with E-state index in [9.17, 15) is 5.11 Å². The number of aryl methyl sites for hydroxylation is 3. The smallest absolute Gasteiger partial charge is 0.286 e. The maximum Gasteiger partial charge on any atom is 0.286 e. The maximum atomic E-state index is 10.2. The fourth-order valence-corrected chi connectivity index (χ4v) is 3.35. The van der Waals surface area contributed by atoms with E-state index in [2.05, 4.69) is 40.3 Å². The molecule has 0 amide bonds. The molecule has 0 spiro atoms. The molecule has 0 aliphatic heterocycles. The Hall–Kier alpha value is -2.81. The Morgan fingerprint density at radius 2 is 1.74 bits per heavy atom. The molecule has 0 aliphatic carbocycles. The summed E-state index contributed by atoms with van der Waals surface area (Å²) in [5, 5.41) is 12.6. The summed E-state index contributed by atoms with van der Waals surface area (Å²) in [4.78, 5) is 0. The molecule has 2 aromatic heterocycles. The van der Waals surface area contributed by atoms with E-state index < -0.39 is 0 Å². The number of hydrogen-bond donors (Lipinski definition) is 1. The van der Waals surface area contributed by atoms with E-state index in [0.29, 0.717) is 5.75 Å². The van der Waals surface area contributed by atoms with Crippen LogP contribution < -0.4 is 4.57 Å². The Balaban J connectivity index is 2.30. The number of benzene rings is 2. The first-order chi connectivity index (χ1) is 11.1. The van der Waals surface area contributed by atoms with Crippen LogP contribution in [0.4, 0.5) is 0 Å². The van der Waals surface area contributed by atoms with Crippen molar-refractivity contribution in [3.63, 3.8) is 0 Å². The van der Waals surface area contributed by atoms with Gasteiger partial charge in [0.1, 0.15) is 16.8 Å². The molecule has 0 atom stereocenters. The Labute approximate surface area is 135 Å². The van der Waals surface area contributed by atoms with Crippen molar-refractivity contribution in [3.05, 3.63) is 65.9 Å². The molecule has 4 rings (SSSR count). The van der Waals surface area contributed by atoms with Gasteiger partial charge in [-0.25, -0.2) is 4.57 Å². The highest BCUT2D eigenvalue weighted by Gasteiger charge is 2.23. The fraction of sp³-hybridized carbons (Fsp3) is 0.150. The summed E-state index contributed by atoms with van der Waals surface area (Å²) in [6.45, 7) is 4.08. The molecule has 3 nitrogen and oxygen atoms in total. The lowest BCUT2D eigenvalue weighted by Crippen LogP contribution is -2.33. The minimum absolute atomic E-state index is 0.330. The van der Waals surface area contributed by atoms with Crippen molar-refractivity contribution in [2.24, 2.45) is 7.05 Å². The SMILES string of the molecule is Cc1ccc2c3ccc(O)c(C)c3n(-c3cccc[n+]3C)c2c1. The number of aromatic nitrogens is 2. The van der Waals surface area contributed by atoms with Gasteiger partial charge in [-0.1, -0.05) is 12.1 Å². The Bertz CT molecular complexity index is 1060. The second-order valence-electron chi connectivity index (χ2n) is 6.13. The highest BCUT2D eigenvalue weighted by atomic mass is 16.3. The Morgan fingerprint density at radius 3 is 2.52 bits per heavy atom. The molecule has 23 heavy (non-hydrogen) atoms. The third kappa shape index (κ3) is 1.93. The van der Waals surface area contributed by atoms with Crippen molar-refractivity contribution in [2.45, 2.75) is 13.8 Å². The summed E-state index contributed by atoms with van der Waals surface area (Å²) >= 11 is 0. The number of phenolic OH excluding ortho intramolecular Hbond substituents is 1. The zero-order valence-corrected chi connectivity index (χ0v) is 13.5. The lowest BCUT2D eigenvalue weighted by atomic mass is 10.1. The summed E-state index contributed by atoms with van der Waals surface area (Å²) in [6.07, 6.45) is 2.04. The van der Waals surface area contributed by atoms with Gasteiger partial charge in [-0.15, -0.1) is 0 Å². The van der Waals surface area contributed by atoms with E-state index in [1.54, 1.807) is 6.07 Å². The van der Waals surface area contributed by atoms with Crippen LogP contribution in [0.15, 0.2) is 54.7 Å². The van der Waals surface area contributed by atoms with Gasteiger partial charge in [-0.3, -0.25) is 0 Å². The number of phenols is 1. The first kappa shape index (κ1) is 13.8. The van der Waals surface area contributed by atoms with E-state index in [4.69, 9.17) is 0 Å². The zero-order chi connectivity index (χ0) is 16.1. The lowest BCUT2D eigenvalue weighted by Gasteiger charge is -2.05. The first-order valence-corrected chi connectivity index (χ1v) is 7.76. The van der Waals surface area contributed by atoms with Gasteiger partial charge < -0.3 is 5.11 Å². The van der Waals surface area contributed by atoms with Crippen LogP contribution in [0.2, 0.25) is 0 Å². The second-order valence-corrected chi connectivity index (χ2v) is 6.13. The number of rotatable bonds is 1. The molecule has 0 unspecified atom stereocenters. The molecule has 0 bridgehead atoms. The van der Waals surface area contributed by atoms with Gasteiger partial charge in [0, 0.05) is 22.4 Å². The summed E-state index contributed by atoms with van der Waals surface area (Å²) < 4.78 is 4.34. The molecule has 2 aromatic carbocycles. The number of pyridine rings is 1. The van der Waals surface area contributed by atoms with Gasteiger partial charge in [0.2, 0.25) is 0 Å². The fourth-order valence-electron chi connectivity index (χ4n) is 3.35. The van der Waals surface area contributed by atoms with Crippen LogP contribution in [-0.2, 0) is 7.05 Å². The monoisotopic (exact) mass is 303 g/mol. The van der Waals surface area contributed by atoms with E-state index in [-0.39, 0.29) is 0 Å². The molecule has 0 fully saturated rings. The van der Waals surface area contributed by atoms with Crippen LogP contribution in [-0.4, -0.2) is 9.67 Å². The van der Waals surface area contributed by atoms with Gasteiger partial charge in [-0.05, 0) is 49.7 Å². The van der Waals surface area contributed by atoms with Crippen molar-refractivity contribution in [3.8, 4) is 11.6 Å². The molecule has 0 saturated carbocycles. The molecule has 2 heterocycles. The molecule has 0 aliphatic rings. The zero-order valence-electron chi connectivity index (χ0n) is 13.5. The van der Waals surface area contributed by atoms with Crippen LogP contribution in [0, 0.1) is 13.8 Å². The molecule has 0 radical (unpaired) electrons. The minimum atomic E-state index is 0.330. The van der Waals surface area contributed by atoms with E-state index in [1.165, 1.54) is 16.3 Å². The van der Waals surface area contributed by atoms with Gasteiger partial charge in [0.25, 0.3) is 5.82 Å². The van der Waals surface area contributed by atoms with Gasteiger partial charge in [0.05, 0.1) is 13.2 Å². The van der Waals surface area contributed by atoms with Crippen molar-refractivity contribution in [1.82, 2.24) is 4.57 Å². The topological polar surface area (TPSA) is 29.0 Å². The predicted octanol–water partition coefficient (Wildman–Crippen LogP) is 3.93. The third-order valence-corrected chi connectivity index (χ3v) is 4.57. The molecular weight excluding hydrogens is 284 g/mol. The summed E-state index contributed by atoms with van der Waals surface area (Å²) in [7, 11) is 2.04. The first-order valence-electron chi connectivity index (χ1n) is 7.76. The largest absolute Gasteiger partial charge is 0.508 e. The quantitative estimate of drug-likeness (QED) is 0.530. The highest BCUT2D eigenvalue weighted by molar-refractivity contribution is 6.10. The normalized spacial score (nSPS) is 11.4. The van der Waals surface area contributed by atoms with Crippen molar-refractivity contribution >= 4 is 21.8 Å². The van der Waals surface area contributed by atoms with E-state index >= 15 is 0 Å². The van der Waals surface area contributed by atoms with Gasteiger partial charge in [-0.2, -0.15) is 4.57 Å². The Kier molecular flexibility index (Phi) is 2.91. The highest BCUT2D eigenvalue weighted by Crippen LogP contribution is 2.36. The van der Waals surface area contributed by atoms with Gasteiger partial charge in [0.15, 0.2) is 0 Å². The predicted molar refractivity (Wildman–Crippen MR) is 93.1 cm³/mol. The van der Waals surface area contributed by atoms with Crippen molar-refractivity contribution in [2.75, 3.05) is 0 Å². The van der Waals surface area contributed by atoms with Crippen molar-refractivity contribution < 1.29 is 9.67 Å². The van der Waals surface area contributed by atoms with Crippen LogP contribution in [0.1, 0.15) is 11.1 Å². The molecule has 114 valence electrons. The molecule has 4 aromatic rings. The summed E-state index contributed by atoms with van der Waals surface area (Å²) in [5.74, 6) is 1.41. The number of hydrogen-bond acceptors (Lipinski definition) is 1. The van der Waals surface area contributed by atoms with Crippen LogP contribution in [0.3, 0.4) is 0 Å². The van der Waals surface area contributed by atoms with Crippen LogP contribution in [0.5, 0.6) is 5.75 Å². The van der Waals surface area contributed by atoms with Crippen LogP contribution >= 0.6 is 0 Å². The number of nitrogens with zero attached hydrogens (tertiary/aromatic N) is 2. The molecule has 3 heteroatoms. The third-order valence-electron chi connectivity index (χ3n) is 4.57. The van der Waals surface area contributed by atoms with E-state index in [1.807, 2.05) is 38.4 Å². The Morgan fingerprint density at radius 1 is 0.957 bits per heavy atom. The average Bonchev–Trinajstić information content (AvgIpc) is 2.85.